The highest BCUT2D eigenvalue weighted by Gasteiger charge is 2.22. The van der Waals surface area contributed by atoms with E-state index < -0.39 is 18.0 Å². The minimum Gasteiger partial charge on any atom is -0.478 e. The lowest BCUT2D eigenvalue weighted by Crippen LogP contribution is -2.13. The molecule has 0 radical (unpaired) electrons. The van der Waals surface area contributed by atoms with Gasteiger partial charge in [-0.05, 0) is 49.8 Å². The van der Waals surface area contributed by atoms with Crippen molar-refractivity contribution in [2.45, 2.75) is 13.8 Å². The minimum atomic E-state index is -1.23. The molecule has 0 atom stereocenters. The fraction of sp³-hybridized carbons (Fsp3) is 0.174. The van der Waals surface area contributed by atoms with Gasteiger partial charge in [-0.15, -0.1) is 0 Å². The molecule has 1 amide bonds. The van der Waals surface area contributed by atoms with Crippen LogP contribution in [0.2, 0.25) is 10.0 Å². The highest BCUT2D eigenvalue weighted by Crippen LogP contribution is 2.35. The average Bonchev–Trinajstić information content (AvgIpc) is 3.11. The molecule has 0 saturated heterocycles. The van der Waals surface area contributed by atoms with Crippen LogP contribution in [-0.2, 0) is 14.3 Å². The normalized spacial score (nSPS) is 11.3. The average molecular weight is 491 g/mol. The molecule has 0 aliphatic rings. The van der Waals surface area contributed by atoms with Gasteiger partial charge in [0.15, 0.2) is 0 Å². The number of anilines is 1. The van der Waals surface area contributed by atoms with Crippen LogP contribution in [0.25, 0.3) is 22.6 Å². The number of nitrogens with one attached hydrogen (secondary N) is 2. The molecule has 0 unspecified atom stereocenters. The van der Waals surface area contributed by atoms with Gasteiger partial charge in [-0.3, -0.25) is 5.32 Å². The number of rotatable bonds is 7. The molecule has 0 saturated carbocycles. The monoisotopic (exact) mass is 490 g/mol. The van der Waals surface area contributed by atoms with Gasteiger partial charge in [-0.1, -0.05) is 35.3 Å². The lowest BCUT2D eigenvalue weighted by Gasteiger charge is -2.08. The van der Waals surface area contributed by atoms with Gasteiger partial charge in [0.1, 0.15) is 5.69 Å². The van der Waals surface area contributed by atoms with E-state index in [1.54, 1.807) is 19.9 Å². The predicted octanol–water partition coefficient (Wildman–Crippen LogP) is 5.85. The number of carbonyl (C=O) groups excluding carboxylic acids is 2. The van der Waals surface area contributed by atoms with Crippen molar-refractivity contribution in [2.75, 3.05) is 18.5 Å². The maximum Gasteiger partial charge on any atom is 0.411 e. The summed E-state index contributed by atoms with van der Waals surface area (Å²) < 4.78 is 9.94. The SMILES string of the molecule is CCOC(=O)Nc1ccc(C(=Cc2c(C(=O)OCC)[nH]c3cc(Cl)cc(Cl)c23)C(=O)O)cc1. The number of carboxylic acids is 1. The number of aromatic amines is 1. The number of fused-ring (bicyclic) bond motifs is 1. The number of benzene rings is 2. The third-order valence-corrected chi connectivity index (χ3v) is 5.09. The molecule has 8 nitrogen and oxygen atoms in total. The number of ether oxygens (including phenoxy) is 2. The number of aliphatic carboxylic acids is 1. The Labute approximate surface area is 199 Å². The minimum absolute atomic E-state index is 0.0513. The summed E-state index contributed by atoms with van der Waals surface area (Å²) in [5, 5.41) is 13.5. The van der Waals surface area contributed by atoms with E-state index in [-0.39, 0.29) is 35.1 Å². The standard InChI is InChI=1S/C23H20Cl2N2O6/c1-3-32-22(30)20-16(19-17(25)9-13(24)10-18(19)27-20)11-15(21(28)29)12-5-7-14(8-6-12)26-23(31)33-4-2/h5-11,27H,3-4H2,1-2H3,(H,26,31)(H,28,29). The molecule has 0 aliphatic carbocycles. The molecule has 3 aromatic rings. The van der Waals surface area contributed by atoms with Crippen molar-refractivity contribution in [1.82, 2.24) is 4.98 Å². The van der Waals surface area contributed by atoms with Gasteiger partial charge < -0.3 is 19.6 Å². The zero-order valence-corrected chi connectivity index (χ0v) is 19.2. The number of halogens is 2. The summed E-state index contributed by atoms with van der Waals surface area (Å²) in [7, 11) is 0. The van der Waals surface area contributed by atoms with Gasteiger partial charge in [0.2, 0.25) is 0 Å². The summed E-state index contributed by atoms with van der Waals surface area (Å²) >= 11 is 12.5. The summed E-state index contributed by atoms with van der Waals surface area (Å²) in [5.41, 5.74) is 1.44. The Morgan fingerprint density at radius 3 is 2.33 bits per heavy atom. The molecular formula is C23H20Cl2N2O6. The second kappa shape index (κ2) is 10.4. The Morgan fingerprint density at radius 1 is 1.06 bits per heavy atom. The molecule has 10 heteroatoms. The Hall–Kier alpha value is -3.49. The smallest absolute Gasteiger partial charge is 0.411 e. The van der Waals surface area contributed by atoms with Crippen LogP contribution in [0.4, 0.5) is 10.5 Å². The summed E-state index contributed by atoms with van der Waals surface area (Å²) in [6, 6.07) is 9.22. The van der Waals surface area contributed by atoms with Gasteiger partial charge in [0.05, 0.1) is 23.8 Å². The molecule has 33 heavy (non-hydrogen) atoms. The van der Waals surface area contributed by atoms with Gasteiger partial charge in [-0.25, -0.2) is 14.4 Å². The fourth-order valence-corrected chi connectivity index (χ4v) is 3.81. The van der Waals surface area contributed by atoms with Crippen molar-refractivity contribution in [3.8, 4) is 0 Å². The van der Waals surface area contributed by atoms with Crippen LogP contribution in [-0.4, -0.2) is 41.3 Å². The number of amides is 1. The number of esters is 1. The highest BCUT2D eigenvalue weighted by atomic mass is 35.5. The number of carboxylic acid groups (broad SMARTS) is 1. The molecule has 3 N–H and O–H groups in total. The van der Waals surface area contributed by atoms with Crippen LogP contribution < -0.4 is 5.32 Å². The Kier molecular flexibility index (Phi) is 7.63. The van der Waals surface area contributed by atoms with E-state index in [1.165, 1.54) is 36.4 Å². The van der Waals surface area contributed by atoms with E-state index in [4.69, 9.17) is 32.7 Å². The molecule has 2 aromatic carbocycles. The van der Waals surface area contributed by atoms with Crippen molar-refractivity contribution in [1.29, 1.82) is 0 Å². The van der Waals surface area contributed by atoms with Gasteiger partial charge in [0, 0.05) is 27.2 Å². The Bertz CT molecular complexity index is 1250. The van der Waals surface area contributed by atoms with Crippen molar-refractivity contribution >= 4 is 69.5 Å². The van der Waals surface area contributed by atoms with Crippen molar-refractivity contribution < 1.29 is 29.0 Å². The molecule has 1 aromatic heterocycles. The van der Waals surface area contributed by atoms with Gasteiger partial charge in [0.25, 0.3) is 0 Å². The first-order valence-electron chi connectivity index (χ1n) is 9.92. The van der Waals surface area contributed by atoms with E-state index in [0.717, 1.165) is 0 Å². The highest BCUT2D eigenvalue weighted by molar-refractivity contribution is 6.39. The summed E-state index contributed by atoms with van der Waals surface area (Å²) in [6.07, 6.45) is 0.728. The third kappa shape index (κ3) is 5.47. The molecule has 0 aliphatic heterocycles. The summed E-state index contributed by atoms with van der Waals surface area (Å²) in [6.45, 7) is 3.69. The number of hydrogen-bond donors (Lipinski definition) is 3. The Morgan fingerprint density at radius 2 is 1.73 bits per heavy atom. The molecule has 0 bridgehead atoms. The number of H-pyrrole nitrogens is 1. The lowest BCUT2D eigenvalue weighted by molar-refractivity contribution is -0.130. The van der Waals surface area contributed by atoms with E-state index in [9.17, 15) is 19.5 Å². The first-order chi connectivity index (χ1) is 15.7. The predicted molar refractivity (Wildman–Crippen MR) is 127 cm³/mol. The van der Waals surface area contributed by atoms with E-state index in [1.807, 2.05) is 0 Å². The first kappa shape index (κ1) is 24.2. The van der Waals surface area contributed by atoms with Crippen LogP contribution in [0.15, 0.2) is 36.4 Å². The van der Waals surface area contributed by atoms with Crippen LogP contribution in [0.5, 0.6) is 0 Å². The van der Waals surface area contributed by atoms with Crippen LogP contribution in [0, 0.1) is 0 Å². The molecular weight excluding hydrogens is 471 g/mol. The van der Waals surface area contributed by atoms with Crippen molar-refractivity contribution in [3.63, 3.8) is 0 Å². The zero-order valence-electron chi connectivity index (χ0n) is 17.7. The fourth-order valence-electron chi connectivity index (χ4n) is 3.21. The molecule has 172 valence electrons. The maximum atomic E-state index is 12.6. The van der Waals surface area contributed by atoms with Crippen LogP contribution in [0.1, 0.15) is 35.5 Å². The third-order valence-electron chi connectivity index (χ3n) is 4.57. The molecule has 0 fully saturated rings. The summed E-state index contributed by atoms with van der Waals surface area (Å²) in [5.74, 6) is -1.89. The largest absolute Gasteiger partial charge is 0.478 e. The van der Waals surface area contributed by atoms with Crippen molar-refractivity contribution in [2.24, 2.45) is 0 Å². The lowest BCUT2D eigenvalue weighted by atomic mass is 10.0. The number of aromatic nitrogens is 1. The van der Waals surface area contributed by atoms with Gasteiger partial charge in [-0.2, -0.15) is 0 Å². The zero-order chi connectivity index (χ0) is 24.1. The second-order valence-corrected chi connectivity index (χ2v) is 7.57. The maximum absolute atomic E-state index is 12.6. The number of carbonyl (C=O) groups is 3. The molecule has 3 rings (SSSR count). The first-order valence-corrected chi connectivity index (χ1v) is 10.7. The van der Waals surface area contributed by atoms with Crippen LogP contribution in [0.3, 0.4) is 0 Å². The quantitative estimate of drug-likeness (QED) is 0.282. The van der Waals surface area contributed by atoms with Crippen molar-refractivity contribution in [3.05, 3.63) is 63.3 Å². The van der Waals surface area contributed by atoms with E-state index in [0.29, 0.717) is 27.2 Å². The van der Waals surface area contributed by atoms with E-state index >= 15 is 0 Å². The molecule has 0 spiro atoms. The van der Waals surface area contributed by atoms with E-state index in [2.05, 4.69) is 10.3 Å². The summed E-state index contributed by atoms with van der Waals surface area (Å²) in [4.78, 5) is 39.2. The Balaban J connectivity index is 2.12. The van der Waals surface area contributed by atoms with Crippen LogP contribution >= 0.6 is 23.2 Å². The number of hydrogen-bond acceptors (Lipinski definition) is 5. The molecule has 1 heterocycles. The van der Waals surface area contributed by atoms with Gasteiger partial charge >= 0.3 is 18.0 Å². The topological polar surface area (TPSA) is 118 Å². The second-order valence-electron chi connectivity index (χ2n) is 6.73.